The number of H-pyrrole nitrogens is 1. The SMILES string of the molecule is COc1ccc(CNc2ncnc3[nH]ncc23)cc1.Cl. The van der Waals surface area contributed by atoms with E-state index in [4.69, 9.17) is 4.74 Å². The zero-order valence-electron chi connectivity index (χ0n) is 10.8. The highest BCUT2D eigenvalue weighted by Crippen LogP contribution is 2.17. The molecule has 7 heteroatoms. The third-order valence-corrected chi connectivity index (χ3v) is 2.87. The molecule has 0 unspecified atom stereocenters. The molecule has 0 fully saturated rings. The molecular formula is C13H14ClN5O. The number of halogens is 1. The minimum absolute atomic E-state index is 0. The number of ether oxygens (including phenoxy) is 1. The van der Waals surface area contributed by atoms with Crippen molar-refractivity contribution >= 4 is 29.3 Å². The highest BCUT2D eigenvalue weighted by atomic mass is 35.5. The third kappa shape index (κ3) is 2.80. The molecule has 3 aromatic rings. The predicted octanol–water partition coefficient (Wildman–Crippen LogP) is 2.40. The number of hydrogen-bond donors (Lipinski definition) is 2. The van der Waals surface area contributed by atoms with E-state index >= 15 is 0 Å². The van der Waals surface area contributed by atoms with E-state index in [9.17, 15) is 0 Å². The first-order valence-electron chi connectivity index (χ1n) is 5.87. The van der Waals surface area contributed by atoms with Gasteiger partial charge in [-0.05, 0) is 17.7 Å². The maximum atomic E-state index is 5.13. The molecule has 0 radical (unpaired) electrons. The van der Waals surface area contributed by atoms with Crippen LogP contribution >= 0.6 is 12.4 Å². The average molecular weight is 292 g/mol. The maximum Gasteiger partial charge on any atom is 0.160 e. The number of fused-ring (bicyclic) bond motifs is 1. The van der Waals surface area contributed by atoms with E-state index in [1.165, 1.54) is 6.33 Å². The molecule has 0 aliphatic heterocycles. The van der Waals surface area contributed by atoms with E-state index in [0.29, 0.717) is 6.54 Å². The van der Waals surface area contributed by atoms with E-state index in [1.807, 2.05) is 24.3 Å². The van der Waals surface area contributed by atoms with Crippen LogP contribution in [0.25, 0.3) is 11.0 Å². The lowest BCUT2D eigenvalue weighted by Gasteiger charge is -2.07. The van der Waals surface area contributed by atoms with Crippen molar-refractivity contribution in [1.29, 1.82) is 0 Å². The van der Waals surface area contributed by atoms with Crippen LogP contribution in [0, 0.1) is 0 Å². The van der Waals surface area contributed by atoms with Crippen molar-refractivity contribution in [3.63, 3.8) is 0 Å². The lowest BCUT2D eigenvalue weighted by Crippen LogP contribution is -2.02. The summed E-state index contributed by atoms with van der Waals surface area (Å²) in [5.74, 6) is 1.62. The summed E-state index contributed by atoms with van der Waals surface area (Å²) in [4.78, 5) is 8.31. The van der Waals surface area contributed by atoms with Gasteiger partial charge in [-0.1, -0.05) is 12.1 Å². The number of rotatable bonds is 4. The number of nitrogens with zero attached hydrogens (tertiary/aromatic N) is 3. The van der Waals surface area contributed by atoms with Crippen LogP contribution in [0.15, 0.2) is 36.8 Å². The van der Waals surface area contributed by atoms with Crippen molar-refractivity contribution < 1.29 is 4.74 Å². The Morgan fingerprint density at radius 1 is 1.20 bits per heavy atom. The molecule has 2 heterocycles. The largest absolute Gasteiger partial charge is 0.497 e. The summed E-state index contributed by atoms with van der Waals surface area (Å²) in [7, 11) is 1.66. The van der Waals surface area contributed by atoms with Gasteiger partial charge in [-0.2, -0.15) is 5.10 Å². The zero-order chi connectivity index (χ0) is 13.1. The smallest absolute Gasteiger partial charge is 0.160 e. The minimum atomic E-state index is 0. The van der Waals surface area contributed by atoms with Crippen molar-refractivity contribution in [3.8, 4) is 5.75 Å². The molecule has 3 rings (SSSR count). The molecular weight excluding hydrogens is 278 g/mol. The Balaban J connectivity index is 0.00000147. The Kier molecular flexibility index (Phi) is 4.37. The fourth-order valence-corrected chi connectivity index (χ4v) is 1.83. The van der Waals surface area contributed by atoms with Gasteiger partial charge in [-0.3, -0.25) is 5.10 Å². The molecule has 2 aromatic heterocycles. The van der Waals surface area contributed by atoms with E-state index < -0.39 is 0 Å². The highest BCUT2D eigenvalue weighted by Gasteiger charge is 2.04. The number of nitrogens with one attached hydrogen (secondary N) is 2. The molecule has 2 N–H and O–H groups in total. The van der Waals surface area contributed by atoms with Gasteiger partial charge in [0.05, 0.1) is 18.7 Å². The van der Waals surface area contributed by atoms with Gasteiger partial charge in [0.1, 0.15) is 17.9 Å². The van der Waals surface area contributed by atoms with Gasteiger partial charge in [-0.25, -0.2) is 9.97 Å². The topological polar surface area (TPSA) is 75.7 Å². The number of benzene rings is 1. The second-order valence-corrected chi connectivity index (χ2v) is 4.06. The Morgan fingerprint density at radius 3 is 2.75 bits per heavy atom. The number of hydrogen-bond acceptors (Lipinski definition) is 5. The summed E-state index contributed by atoms with van der Waals surface area (Å²) in [6.07, 6.45) is 3.22. The second kappa shape index (κ2) is 6.21. The van der Waals surface area contributed by atoms with Gasteiger partial charge >= 0.3 is 0 Å². The standard InChI is InChI=1S/C13H13N5O.ClH/c1-19-10-4-2-9(3-5-10)6-14-12-11-7-17-18-13(11)16-8-15-12;/h2-5,7-8H,6H2,1H3,(H2,14,15,16,17,18);1H. The summed E-state index contributed by atoms with van der Waals surface area (Å²) in [5, 5.41) is 10.9. The van der Waals surface area contributed by atoms with Crippen LogP contribution in [0.5, 0.6) is 5.75 Å². The monoisotopic (exact) mass is 291 g/mol. The second-order valence-electron chi connectivity index (χ2n) is 4.06. The number of aromatic amines is 1. The van der Waals surface area contributed by atoms with E-state index in [0.717, 1.165) is 28.2 Å². The average Bonchev–Trinajstić information content (AvgIpc) is 2.94. The van der Waals surface area contributed by atoms with E-state index in [-0.39, 0.29) is 12.4 Å². The zero-order valence-corrected chi connectivity index (χ0v) is 11.6. The Morgan fingerprint density at radius 2 is 2.00 bits per heavy atom. The van der Waals surface area contributed by atoms with Crippen molar-refractivity contribution in [3.05, 3.63) is 42.4 Å². The summed E-state index contributed by atoms with van der Waals surface area (Å²) in [5.41, 5.74) is 1.88. The molecule has 0 bridgehead atoms. The first-order valence-corrected chi connectivity index (χ1v) is 5.87. The predicted molar refractivity (Wildman–Crippen MR) is 79.3 cm³/mol. The maximum absolute atomic E-state index is 5.13. The molecule has 0 aliphatic carbocycles. The van der Waals surface area contributed by atoms with Crippen LogP contribution in [0.2, 0.25) is 0 Å². The van der Waals surface area contributed by atoms with Gasteiger partial charge in [-0.15, -0.1) is 12.4 Å². The summed E-state index contributed by atoms with van der Waals surface area (Å²) < 4.78 is 5.13. The van der Waals surface area contributed by atoms with Gasteiger partial charge < -0.3 is 10.1 Å². The quantitative estimate of drug-likeness (QED) is 0.772. The molecule has 0 spiro atoms. The van der Waals surface area contributed by atoms with E-state index in [2.05, 4.69) is 25.5 Å². The lowest BCUT2D eigenvalue weighted by molar-refractivity contribution is 0.414. The van der Waals surface area contributed by atoms with Crippen LogP contribution in [-0.2, 0) is 6.54 Å². The molecule has 0 atom stereocenters. The molecule has 0 saturated heterocycles. The molecule has 20 heavy (non-hydrogen) atoms. The van der Waals surface area contributed by atoms with Gasteiger partial charge in [0.2, 0.25) is 0 Å². The van der Waals surface area contributed by atoms with E-state index in [1.54, 1.807) is 13.3 Å². The first-order chi connectivity index (χ1) is 9.36. The fourth-order valence-electron chi connectivity index (χ4n) is 1.83. The van der Waals surface area contributed by atoms with Crippen LogP contribution in [0.3, 0.4) is 0 Å². The number of anilines is 1. The van der Waals surface area contributed by atoms with Crippen molar-refractivity contribution in [2.45, 2.75) is 6.54 Å². The highest BCUT2D eigenvalue weighted by molar-refractivity contribution is 5.85. The third-order valence-electron chi connectivity index (χ3n) is 2.87. The fraction of sp³-hybridized carbons (Fsp3) is 0.154. The Bertz CT molecular complexity index is 683. The van der Waals surface area contributed by atoms with Crippen LogP contribution in [0.1, 0.15) is 5.56 Å². The first kappa shape index (κ1) is 14.1. The molecule has 6 nitrogen and oxygen atoms in total. The Hall–Kier alpha value is -2.34. The van der Waals surface area contributed by atoms with Crippen LogP contribution in [-0.4, -0.2) is 27.3 Å². The van der Waals surface area contributed by atoms with Gasteiger partial charge in [0, 0.05) is 6.54 Å². The normalized spacial score (nSPS) is 10.1. The Labute approximate surface area is 122 Å². The number of aromatic nitrogens is 4. The number of methoxy groups -OCH3 is 1. The summed E-state index contributed by atoms with van der Waals surface area (Å²) in [6.45, 7) is 0.682. The molecule has 104 valence electrons. The van der Waals surface area contributed by atoms with Gasteiger partial charge in [0.15, 0.2) is 5.65 Å². The molecule has 0 amide bonds. The van der Waals surface area contributed by atoms with Crippen molar-refractivity contribution in [2.24, 2.45) is 0 Å². The van der Waals surface area contributed by atoms with Crippen LogP contribution in [0.4, 0.5) is 5.82 Å². The minimum Gasteiger partial charge on any atom is -0.497 e. The summed E-state index contributed by atoms with van der Waals surface area (Å²) in [6, 6.07) is 7.90. The van der Waals surface area contributed by atoms with Gasteiger partial charge in [0.25, 0.3) is 0 Å². The van der Waals surface area contributed by atoms with Crippen LogP contribution < -0.4 is 10.1 Å². The molecule has 0 aliphatic rings. The van der Waals surface area contributed by atoms with Crippen molar-refractivity contribution in [2.75, 3.05) is 12.4 Å². The molecule has 1 aromatic carbocycles. The summed E-state index contributed by atoms with van der Waals surface area (Å²) >= 11 is 0. The molecule has 0 saturated carbocycles. The lowest BCUT2D eigenvalue weighted by atomic mass is 10.2. The van der Waals surface area contributed by atoms with Crippen molar-refractivity contribution in [1.82, 2.24) is 20.2 Å².